The number of ether oxygens (including phenoxy) is 1. The van der Waals surface area contributed by atoms with Gasteiger partial charge in [0.15, 0.2) is 0 Å². The summed E-state index contributed by atoms with van der Waals surface area (Å²) in [4.78, 5) is 14.9. The second-order valence-electron chi connectivity index (χ2n) is 7.65. The van der Waals surface area contributed by atoms with E-state index >= 15 is 0 Å². The molecule has 2 aliphatic heterocycles. The topological polar surface area (TPSA) is 65.2 Å². The molecule has 1 aliphatic carbocycles. The number of nitrogens with zero attached hydrogens (tertiary/aromatic N) is 5. The van der Waals surface area contributed by atoms with E-state index < -0.39 is 0 Å². The largest absolute Gasteiger partial charge is 0.373 e. The number of hydrogen-bond acceptors (Lipinski definition) is 5. The van der Waals surface area contributed by atoms with Crippen molar-refractivity contribution >= 4 is 0 Å². The zero-order chi connectivity index (χ0) is 17.5. The lowest BCUT2D eigenvalue weighted by atomic mass is 10.2. The van der Waals surface area contributed by atoms with Gasteiger partial charge < -0.3 is 4.74 Å². The van der Waals surface area contributed by atoms with E-state index in [-0.39, 0.29) is 5.56 Å². The van der Waals surface area contributed by atoms with Gasteiger partial charge in [0.2, 0.25) is 0 Å². The molecule has 1 fully saturated rings. The van der Waals surface area contributed by atoms with E-state index in [1.54, 1.807) is 10.7 Å². The Bertz CT molecular complexity index is 871. The summed E-state index contributed by atoms with van der Waals surface area (Å²) in [7, 11) is 0. The maximum Gasteiger partial charge on any atom is 0.267 e. The normalized spacial score (nSPS) is 22.5. The van der Waals surface area contributed by atoms with E-state index in [0.717, 1.165) is 63.2 Å². The van der Waals surface area contributed by atoms with Crippen molar-refractivity contribution in [2.75, 3.05) is 13.2 Å². The Labute approximate surface area is 152 Å². The molecule has 0 amide bonds. The molecule has 7 nitrogen and oxygen atoms in total. The number of likely N-dealkylation sites (tertiary alicyclic amines) is 1. The van der Waals surface area contributed by atoms with Crippen LogP contribution in [0.1, 0.15) is 41.8 Å². The molecule has 5 rings (SSSR count). The zero-order valence-electron chi connectivity index (χ0n) is 15.1. The van der Waals surface area contributed by atoms with E-state index in [9.17, 15) is 4.79 Å². The number of aryl methyl sites for hydroxylation is 2. The SMILES string of the molecule is O=c1cc2c(nn1CC1CCCN1Cc1cnn3c1COCC3)CCC2. The van der Waals surface area contributed by atoms with Crippen molar-refractivity contribution in [1.82, 2.24) is 24.5 Å². The fourth-order valence-corrected chi connectivity index (χ4v) is 4.56. The van der Waals surface area contributed by atoms with Crippen LogP contribution < -0.4 is 5.56 Å². The summed E-state index contributed by atoms with van der Waals surface area (Å²) >= 11 is 0. The molecule has 0 spiro atoms. The molecule has 7 heteroatoms. The van der Waals surface area contributed by atoms with Crippen LogP contribution in [0, 0.1) is 0 Å². The Morgan fingerprint density at radius 3 is 3.15 bits per heavy atom. The van der Waals surface area contributed by atoms with Crippen molar-refractivity contribution in [2.45, 2.75) is 64.4 Å². The zero-order valence-corrected chi connectivity index (χ0v) is 15.1. The van der Waals surface area contributed by atoms with Crippen molar-refractivity contribution in [3.8, 4) is 0 Å². The molecule has 1 saturated heterocycles. The van der Waals surface area contributed by atoms with Crippen LogP contribution in [-0.4, -0.2) is 43.7 Å². The van der Waals surface area contributed by atoms with Crippen LogP contribution in [0.25, 0.3) is 0 Å². The van der Waals surface area contributed by atoms with Crippen molar-refractivity contribution in [1.29, 1.82) is 0 Å². The van der Waals surface area contributed by atoms with Crippen LogP contribution in [0.15, 0.2) is 17.1 Å². The van der Waals surface area contributed by atoms with Crippen LogP contribution in [0.5, 0.6) is 0 Å². The molecule has 0 radical (unpaired) electrons. The fraction of sp³-hybridized carbons (Fsp3) is 0.632. The maximum absolute atomic E-state index is 12.4. The molecule has 4 heterocycles. The predicted molar refractivity (Wildman–Crippen MR) is 95.8 cm³/mol. The van der Waals surface area contributed by atoms with Crippen LogP contribution in [0.4, 0.5) is 0 Å². The van der Waals surface area contributed by atoms with E-state index in [1.165, 1.54) is 17.7 Å². The summed E-state index contributed by atoms with van der Waals surface area (Å²) in [5.74, 6) is 0. The van der Waals surface area contributed by atoms with Crippen molar-refractivity contribution in [2.24, 2.45) is 0 Å². The van der Waals surface area contributed by atoms with Gasteiger partial charge in [0.05, 0.1) is 43.9 Å². The summed E-state index contributed by atoms with van der Waals surface area (Å²) in [6, 6.07) is 2.17. The monoisotopic (exact) mass is 355 g/mol. The van der Waals surface area contributed by atoms with Gasteiger partial charge >= 0.3 is 0 Å². The van der Waals surface area contributed by atoms with Crippen LogP contribution in [0.3, 0.4) is 0 Å². The van der Waals surface area contributed by atoms with E-state index in [2.05, 4.69) is 19.8 Å². The van der Waals surface area contributed by atoms with Gasteiger partial charge in [-0.15, -0.1) is 0 Å². The third kappa shape index (κ3) is 2.89. The van der Waals surface area contributed by atoms with Gasteiger partial charge in [-0.3, -0.25) is 14.4 Å². The smallest absolute Gasteiger partial charge is 0.267 e. The second-order valence-corrected chi connectivity index (χ2v) is 7.65. The number of aromatic nitrogens is 4. The average Bonchev–Trinajstić information content (AvgIpc) is 3.37. The standard InChI is InChI=1S/C19H25N5O2/c25-19-9-14-3-1-5-17(14)21-24(19)12-16-4-2-6-22(16)11-15-10-20-23-7-8-26-13-18(15)23/h9-10,16H,1-8,11-13H2. The number of fused-ring (bicyclic) bond motifs is 2. The lowest BCUT2D eigenvalue weighted by Gasteiger charge is -2.25. The van der Waals surface area contributed by atoms with Crippen LogP contribution in [0.2, 0.25) is 0 Å². The van der Waals surface area contributed by atoms with Gasteiger partial charge in [-0.1, -0.05) is 0 Å². The Morgan fingerprint density at radius 1 is 1.23 bits per heavy atom. The first-order valence-electron chi connectivity index (χ1n) is 9.73. The highest BCUT2D eigenvalue weighted by Gasteiger charge is 2.28. The molecular formula is C19H25N5O2. The van der Waals surface area contributed by atoms with Gasteiger partial charge in [-0.2, -0.15) is 10.2 Å². The van der Waals surface area contributed by atoms with Crippen LogP contribution >= 0.6 is 0 Å². The molecule has 1 atom stereocenters. The molecule has 0 bridgehead atoms. The molecule has 0 aromatic carbocycles. The van der Waals surface area contributed by atoms with E-state index in [1.807, 2.05) is 6.20 Å². The second kappa shape index (κ2) is 6.63. The van der Waals surface area contributed by atoms with E-state index in [4.69, 9.17) is 4.74 Å². The molecule has 138 valence electrons. The molecule has 2 aromatic rings. The molecule has 1 unspecified atom stereocenters. The Morgan fingerprint density at radius 2 is 2.19 bits per heavy atom. The minimum absolute atomic E-state index is 0.0498. The highest BCUT2D eigenvalue weighted by molar-refractivity contribution is 5.22. The highest BCUT2D eigenvalue weighted by Crippen LogP contribution is 2.24. The predicted octanol–water partition coefficient (Wildman–Crippen LogP) is 1.12. The quantitative estimate of drug-likeness (QED) is 0.822. The Hall–Kier alpha value is -1.99. The summed E-state index contributed by atoms with van der Waals surface area (Å²) in [5, 5.41) is 9.16. The first kappa shape index (κ1) is 16.2. The minimum Gasteiger partial charge on any atom is -0.373 e. The molecule has 0 saturated carbocycles. The fourth-order valence-electron chi connectivity index (χ4n) is 4.56. The van der Waals surface area contributed by atoms with E-state index in [0.29, 0.717) is 19.2 Å². The number of rotatable bonds is 4. The third-order valence-electron chi connectivity index (χ3n) is 6.00. The average molecular weight is 355 g/mol. The van der Waals surface area contributed by atoms with Gasteiger partial charge in [-0.05, 0) is 44.2 Å². The summed E-state index contributed by atoms with van der Waals surface area (Å²) < 4.78 is 9.37. The number of hydrogen-bond donors (Lipinski definition) is 0. The minimum atomic E-state index is 0.0498. The van der Waals surface area contributed by atoms with Crippen molar-refractivity contribution in [3.63, 3.8) is 0 Å². The lowest BCUT2D eigenvalue weighted by molar-refractivity contribution is 0.0785. The first-order chi connectivity index (χ1) is 12.8. The summed E-state index contributed by atoms with van der Waals surface area (Å²) in [5.41, 5.74) is 4.78. The van der Waals surface area contributed by atoms with Crippen molar-refractivity contribution in [3.05, 3.63) is 45.1 Å². The molecule has 26 heavy (non-hydrogen) atoms. The Kier molecular flexibility index (Phi) is 4.13. The summed E-state index contributed by atoms with van der Waals surface area (Å²) in [6.45, 7) is 4.87. The van der Waals surface area contributed by atoms with Gasteiger partial charge in [0.1, 0.15) is 0 Å². The Balaban J connectivity index is 1.33. The van der Waals surface area contributed by atoms with Gasteiger partial charge in [0, 0.05) is 24.2 Å². The van der Waals surface area contributed by atoms with Crippen LogP contribution in [-0.2, 0) is 43.8 Å². The molecule has 3 aliphatic rings. The van der Waals surface area contributed by atoms with Gasteiger partial charge in [0.25, 0.3) is 5.56 Å². The molecular weight excluding hydrogens is 330 g/mol. The lowest BCUT2D eigenvalue weighted by Crippen LogP contribution is -2.37. The van der Waals surface area contributed by atoms with Crippen molar-refractivity contribution < 1.29 is 4.74 Å². The summed E-state index contributed by atoms with van der Waals surface area (Å²) in [6.07, 6.45) is 7.40. The maximum atomic E-state index is 12.4. The molecule has 0 N–H and O–H groups in total. The first-order valence-corrected chi connectivity index (χ1v) is 9.73. The third-order valence-corrected chi connectivity index (χ3v) is 6.00. The molecule has 2 aromatic heterocycles. The van der Waals surface area contributed by atoms with Gasteiger partial charge in [-0.25, -0.2) is 4.68 Å². The highest BCUT2D eigenvalue weighted by atomic mass is 16.5.